The van der Waals surface area contributed by atoms with Gasteiger partial charge in [-0.05, 0) is 23.3 Å². The van der Waals surface area contributed by atoms with Gasteiger partial charge in [0.25, 0.3) is 0 Å². The third kappa shape index (κ3) is 4.41. The molecule has 0 bridgehead atoms. The third-order valence-corrected chi connectivity index (χ3v) is 6.09. The molecule has 0 unspecified atom stereocenters. The molecule has 0 radical (unpaired) electrons. The summed E-state index contributed by atoms with van der Waals surface area (Å²) >= 11 is 0. The molecule has 1 heterocycles. The third-order valence-electron chi connectivity index (χ3n) is 4.24. The molecule has 2 aromatic carbocycles. The van der Waals surface area contributed by atoms with Gasteiger partial charge < -0.3 is 0 Å². The molecule has 0 spiro atoms. The van der Waals surface area contributed by atoms with Gasteiger partial charge in [-0.2, -0.15) is 4.31 Å². The predicted octanol–water partition coefficient (Wildman–Crippen LogP) is 2.47. The fraction of sp³-hybridized carbons (Fsp3) is 0.333. The summed E-state index contributed by atoms with van der Waals surface area (Å²) in [6.07, 6.45) is 0. The first kappa shape index (κ1) is 17.1. The van der Waals surface area contributed by atoms with Gasteiger partial charge in [-0.25, -0.2) is 12.8 Å². The molecule has 0 atom stereocenters. The monoisotopic (exact) mass is 348 g/mol. The van der Waals surface area contributed by atoms with E-state index in [0.29, 0.717) is 32.7 Å². The Bertz CT molecular complexity index is 755. The summed E-state index contributed by atoms with van der Waals surface area (Å²) in [5.74, 6) is -0.193. The van der Waals surface area contributed by atoms with Gasteiger partial charge in [0, 0.05) is 32.7 Å². The lowest BCUT2D eigenvalue weighted by Crippen LogP contribution is -2.48. The molecular weight excluding hydrogens is 327 g/mol. The van der Waals surface area contributed by atoms with Crippen LogP contribution in [0.15, 0.2) is 54.6 Å². The van der Waals surface area contributed by atoms with E-state index in [0.717, 1.165) is 11.1 Å². The molecule has 0 aliphatic carbocycles. The first-order valence-corrected chi connectivity index (χ1v) is 9.62. The quantitative estimate of drug-likeness (QED) is 0.833. The maximum absolute atomic E-state index is 12.9. The van der Waals surface area contributed by atoms with E-state index in [-0.39, 0.29) is 11.6 Å². The van der Waals surface area contributed by atoms with Crippen LogP contribution in [0, 0.1) is 5.82 Å². The number of hydrogen-bond donors (Lipinski definition) is 0. The Morgan fingerprint density at radius 2 is 1.46 bits per heavy atom. The van der Waals surface area contributed by atoms with E-state index in [1.54, 1.807) is 16.4 Å². The molecule has 1 saturated heterocycles. The summed E-state index contributed by atoms with van der Waals surface area (Å²) in [5.41, 5.74) is 1.85. The van der Waals surface area contributed by atoms with Crippen LogP contribution in [0.4, 0.5) is 4.39 Å². The van der Waals surface area contributed by atoms with E-state index in [1.165, 1.54) is 12.1 Å². The Balaban J connectivity index is 1.55. The predicted molar refractivity (Wildman–Crippen MR) is 92.3 cm³/mol. The van der Waals surface area contributed by atoms with Crippen molar-refractivity contribution in [1.82, 2.24) is 9.21 Å². The standard InChI is InChI=1S/C18H21FN2O2S/c19-18-8-6-16(7-9-18)14-20-10-12-21(13-11-20)24(22,23)15-17-4-2-1-3-5-17/h1-9H,10-15H2. The van der Waals surface area contributed by atoms with Crippen molar-refractivity contribution >= 4 is 10.0 Å². The first-order valence-electron chi connectivity index (χ1n) is 8.01. The highest BCUT2D eigenvalue weighted by atomic mass is 32.2. The highest BCUT2D eigenvalue weighted by Crippen LogP contribution is 2.15. The zero-order valence-electron chi connectivity index (χ0n) is 13.4. The fourth-order valence-electron chi connectivity index (χ4n) is 2.89. The molecule has 24 heavy (non-hydrogen) atoms. The molecule has 0 aromatic heterocycles. The summed E-state index contributed by atoms with van der Waals surface area (Å²) in [7, 11) is -3.28. The molecule has 1 aliphatic rings. The van der Waals surface area contributed by atoms with Crippen molar-refractivity contribution in [2.75, 3.05) is 26.2 Å². The van der Waals surface area contributed by atoms with Gasteiger partial charge in [0.05, 0.1) is 5.75 Å². The molecule has 0 N–H and O–H groups in total. The molecule has 128 valence electrons. The molecule has 1 fully saturated rings. The summed E-state index contributed by atoms with van der Waals surface area (Å²) < 4.78 is 39.6. The second kappa shape index (κ2) is 7.42. The van der Waals surface area contributed by atoms with E-state index < -0.39 is 10.0 Å². The normalized spacial score (nSPS) is 17.0. The Morgan fingerprint density at radius 1 is 0.833 bits per heavy atom. The van der Waals surface area contributed by atoms with E-state index in [9.17, 15) is 12.8 Å². The molecule has 0 saturated carbocycles. The average Bonchev–Trinajstić information content (AvgIpc) is 2.58. The number of sulfonamides is 1. The van der Waals surface area contributed by atoms with Crippen LogP contribution in [0.25, 0.3) is 0 Å². The molecular formula is C18H21FN2O2S. The van der Waals surface area contributed by atoms with Gasteiger partial charge in [-0.1, -0.05) is 42.5 Å². The van der Waals surface area contributed by atoms with Crippen LogP contribution < -0.4 is 0 Å². The smallest absolute Gasteiger partial charge is 0.218 e. The lowest BCUT2D eigenvalue weighted by atomic mass is 10.2. The van der Waals surface area contributed by atoms with Crippen molar-refractivity contribution in [1.29, 1.82) is 0 Å². The van der Waals surface area contributed by atoms with E-state index in [1.807, 2.05) is 30.3 Å². The van der Waals surface area contributed by atoms with Gasteiger partial charge in [-0.3, -0.25) is 4.90 Å². The lowest BCUT2D eigenvalue weighted by Gasteiger charge is -2.34. The van der Waals surface area contributed by atoms with Gasteiger partial charge >= 0.3 is 0 Å². The number of nitrogens with zero attached hydrogens (tertiary/aromatic N) is 2. The van der Waals surface area contributed by atoms with Crippen molar-refractivity contribution in [2.24, 2.45) is 0 Å². The Labute approximate surface area is 142 Å². The van der Waals surface area contributed by atoms with Crippen molar-refractivity contribution in [2.45, 2.75) is 12.3 Å². The Morgan fingerprint density at radius 3 is 2.08 bits per heavy atom. The molecule has 6 heteroatoms. The topological polar surface area (TPSA) is 40.6 Å². The summed E-state index contributed by atoms with van der Waals surface area (Å²) in [6.45, 7) is 3.08. The molecule has 3 rings (SSSR count). The fourth-order valence-corrected chi connectivity index (χ4v) is 4.41. The largest absolute Gasteiger partial charge is 0.296 e. The van der Waals surface area contributed by atoms with Gasteiger partial charge in [0.15, 0.2) is 0 Å². The SMILES string of the molecule is O=S(=O)(Cc1ccccc1)N1CCN(Cc2ccc(F)cc2)CC1. The van der Waals surface area contributed by atoms with E-state index >= 15 is 0 Å². The molecule has 2 aromatic rings. The van der Waals surface area contributed by atoms with Crippen molar-refractivity contribution in [3.05, 3.63) is 71.5 Å². The van der Waals surface area contributed by atoms with Crippen LogP contribution in [0.2, 0.25) is 0 Å². The summed E-state index contributed by atoms with van der Waals surface area (Å²) in [6, 6.07) is 15.7. The van der Waals surface area contributed by atoms with Crippen molar-refractivity contribution in [3.63, 3.8) is 0 Å². The molecule has 1 aliphatic heterocycles. The zero-order valence-corrected chi connectivity index (χ0v) is 14.3. The zero-order chi connectivity index (χ0) is 17.0. The first-order chi connectivity index (χ1) is 11.5. The number of piperazine rings is 1. The van der Waals surface area contributed by atoms with Gasteiger partial charge in [0.1, 0.15) is 5.82 Å². The lowest BCUT2D eigenvalue weighted by molar-refractivity contribution is 0.181. The minimum Gasteiger partial charge on any atom is -0.296 e. The maximum Gasteiger partial charge on any atom is 0.218 e. The minimum absolute atomic E-state index is 0.0474. The average molecular weight is 348 g/mol. The van der Waals surface area contributed by atoms with Crippen LogP contribution in [0.3, 0.4) is 0 Å². The van der Waals surface area contributed by atoms with Gasteiger partial charge in [0.2, 0.25) is 10.0 Å². The maximum atomic E-state index is 12.9. The summed E-state index contributed by atoms with van der Waals surface area (Å²) in [4.78, 5) is 2.20. The highest BCUT2D eigenvalue weighted by Gasteiger charge is 2.26. The molecule has 0 amide bonds. The molecule has 4 nitrogen and oxygen atoms in total. The van der Waals surface area contributed by atoms with Crippen LogP contribution >= 0.6 is 0 Å². The van der Waals surface area contributed by atoms with Crippen molar-refractivity contribution in [3.8, 4) is 0 Å². The highest BCUT2D eigenvalue weighted by molar-refractivity contribution is 7.88. The Kier molecular flexibility index (Phi) is 5.28. The Hall–Kier alpha value is -1.76. The van der Waals surface area contributed by atoms with Crippen LogP contribution in [0.5, 0.6) is 0 Å². The second-order valence-electron chi connectivity index (χ2n) is 6.04. The van der Waals surface area contributed by atoms with Gasteiger partial charge in [-0.15, -0.1) is 0 Å². The van der Waals surface area contributed by atoms with Crippen LogP contribution in [0.1, 0.15) is 11.1 Å². The van der Waals surface area contributed by atoms with E-state index in [2.05, 4.69) is 4.90 Å². The van der Waals surface area contributed by atoms with Crippen LogP contribution in [-0.4, -0.2) is 43.8 Å². The minimum atomic E-state index is -3.28. The van der Waals surface area contributed by atoms with E-state index in [4.69, 9.17) is 0 Å². The summed E-state index contributed by atoms with van der Waals surface area (Å²) in [5, 5.41) is 0. The number of benzene rings is 2. The van der Waals surface area contributed by atoms with Crippen molar-refractivity contribution < 1.29 is 12.8 Å². The second-order valence-corrected chi connectivity index (χ2v) is 8.01. The number of rotatable bonds is 5. The van der Waals surface area contributed by atoms with Crippen LogP contribution in [-0.2, 0) is 22.3 Å². The number of hydrogen-bond acceptors (Lipinski definition) is 3. The number of halogens is 1.